The number of nitrogen functional groups attached to an aromatic ring is 1. The van der Waals surface area contributed by atoms with Crippen LogP contribution in [0.1, 0.15) is 7.06 Å². The number of nitrogens with two attached hydrogens (primary N) is 1. The van der Waals surface area contributed by atoms with Gasteiger partial charge in [-0.1, -0.05) is 0 Å². The van der Waals surface area contributed by atoms with E-state index in [2.05, 4.69) is 9.97 Å². The lowest BCUT2D eigenvalue weighted by molar-refractivity contribution is 1.03. The summed E-state index contributed by atoms with van der Waals surface area (Å²) in [5.74, 6) is 0.249. The Balaban J connectivity index is 3.02. The Hall–Kier alpha value is -0.770. The fourth-order valence-corrected chi connectivity index (χ4v) is 1.04. The Morgan fingerprint density at radius 2 is 2.50 bits per heavy atom. The summed E-state index contributed by atoms with van der Waals surface area (Å²) < 4.78 is 7.06. The second kappa shape index (κ2) is 2.88. The van der Waals surface area contributed by atoms with Gasteiger partial charge in [0.05, 0.1) is 0 Å². The molecule has 1 aromatic heterocycles. The molecule has 0 radical (unpaired) electrons. The van der Waals surface area contributed by atoms with Crippen molar-refractivity contribution in [1.82, 2.24) is 9.97 Å². The quantitative estimate of drug-likeness (QED) is 0.488. The average Bonchev–Trinajstić information content (AvgIpc) is 2.03. The van der Waals surface area contributed by atoms with Crippen LogP contribution in [0.25, 0.3) is 0 Å². The molecule has 0 saturated heterocycles. The minimum atomic E-state index is 0.153. The maximum absolute atomic E-state index is 7.06. The van der Waals surface area contributed by atoms with Gasteiger partial charge >= 0.3 is 0 Å². The van der Waals surface area contributed by atoms with E-state index in [0.717, 1.165) is 5.03 Å². The molecule has 54 valence electrons. The number of hydrogen-bond donors (Lipinski definition) is 1. The number of rotatable bonds is 1. The molecule has 0 aliphatic carbocycles. The van der Waals surface area contributed by atoms with E-state index >= 15 is 0 Å². The molecule has 0 atom stereocenters. The number of aromatic nitrogens is 2. The monoisotopic (exact) mass is 156 g/mol. The van der Waals surface area contributed by atoms with Crippen molar-refractivity contribution >= 4 is 17.7 Å². The molecule has 0 aromatic carbocycles. The van der Waals surface area contributed by atoms with Crippen LogP contribution in [0.3, 0.4) is 0 Å². The molecule has 0 fully saturated rings. The van der Waals surface area contributed by atoms with Crippen LogP contribution in [-0.2, 0) is 0 Å². The van der Waals surface area contributed by atoms with E-state index in [1.165, 1.54) is 11.8 Å². The first-order valence-corrected chi connectivity index (χ1v) is 3.95. The maximum atomic E-state index is 7.06. The normalized spacial score (nSPS) is 11.1. The zero-order valence-electron chi connectivity index (χ0n) is 6.66. The molecule has 4 heteroatoms. The predicted molar refractivity (Wildman–Crippen MR) is 43.0 cm³/mol. The molecule has 1 aromatic rings. The van der Waals surface area contributed by atoms with Crippen LogP contribution < -0.4 is 5.73 Å². The van der Waals surface area contributed by atoms with Gasteiger partial charge in [-0.2, -0.15) is 0 Å². The summed E-state index contributed by atoms with van der Waals surface area (Å²) in [6.45, 7) is 0.153. The number of nitrogens with zero attached hydrogens (tertiary/aromatic N) is 2. The fourth-order valence-electron chi connectivity index (χ4n) is 0.597. The second-order valence-corrected chi connectivity index (χ2v) is 2.59. The molecule has 0 bridgehead atoms. The lowest BCUT2D eigenvalue weighted by Crippen LogP contribution is -1.96. The second-order valence-electron chi connectivity index (χ2n) is 1.76. The number of thioether (sulfide) groups is 1. The molecule has 10 heavy (non-hydrogen) atoms. The van der Waals surface area contributed by atoms with Gasteiger partial charge in [-0.3, -0.25) is 0 Å². The van der Waals surface area contributed by atoms with E-state index in [4.69, 9.17) is 7.10 Å². The van der Waals surface area contributed by atoms with Gasteiger partial charge in [0.15, 0.2) is 0 Å². The van der Waals surface area contributed by atoms with E-state index < -0.39 is 0 Å². The van der Waals surface area contributed by atoms with E-state index in [9.17, 15) is 0 Å². The highest BCUT2D eigenvalue weighted by molar-refractivity contribution is 7.98. The molecule has 1 heterocycles. The molecule has 0 aliphatic rings. The molecule has 2 N–H and O–H groups in total. The van der Waals surface area contributed by atoms with Crippen molar-refractivity contribution in [3.8, 4) is 0 Å². The van der Waals surface area contributed by atoms with Crippen molar-refractivity contribution < 1.29 is 1.37 Å². The van der Waals surface area contributed by atoms with Crippen LogP contribution >= 0.6 is 11.8 Å². The number of aryl methyl sites for hydroxylation is 1. The highest BCUT2D eigenvalue weighted by Crippen LogP contribution is 2.12. The zero-order valence-corrected chi connectivity index (χ0v) is 6.48. The molecule has 0 spiro atoms. The molecule has 0 saturated carbocycles. The standard InChI is InChI=1S/C6H9N3S/c1-4-3-5(10-2)9-6(7)8-4/h3H,1-2H3,(H2,7,8,9)/i1D. The average molecular weight is 156 g/mol. The van der Waals surface area contributed by atoms with Gasteiger partial charge in [-0.05, 0) is 19.2 Å². The molecule has 1 rings (SSSR count). The van der Waals surface area contributed by atoms with Crippen molar-refractivity contribution in [1.29, 1.82) is 0 Å². The first-order valence-electron chi connectivity index (χ1n) is 3.43. The number of hydrogen-bond acceptors (Lipinski definition) is 4. The highest BCUT2D eigenvalue weighted by Gasteiger charge is 1.95. The topological polar surface area (TPSA) is 51.8 Å². The van der Waals surface area contributed by atoms with Gasteiger partial charge < -0.3 is 5.73 Å². The summed E-state index contributed by atoms with van der Waals surface area (Å²) >= 11 is 1.50. The van der Waals surface area contributed by atoms with Crippen molar-refractivity contribution in [2.75, 3.05) is 12.0 Å². The summed E-state index contributed by atoms with van der Waals surface area (Å²) in [4.78, 5) is 7.81. The van der Waals surface area contributed by atoms with Gasteiger partial charge in [0.25, 0.3) is 0 Å². The predicted octanol–water partition coefficient (Wildman–Crippen LogP) is 1.09. The third-order valence-corrected chi connectivity index (χ3v) is 1.61. The lowest BCUT2D eigenvalue weighted by atomic mass is 10.5. The molecular formula is C6H9N3S. The summed E-state index contributed by atoms with van der Waals surface area (Å²) in [6, 6.07) is 1.77. The molecule has 0 amide bonds. The van der Waals surface area contributed by atoms with Gasteiger partial charge in [-0.15, -0.1) is 11.8 Å². The van der Waals surface area contributed by atoms with E-state index in [1.807, 2.05) is 6.26 Å². The molecule has 3 nitrogen and oxygen atoms in total. The van der Waals surface area contributed by atoms with Crippen molar-refractivity contribution in [2.24, 2.45) is 0 Å². The lowest BCUT2D eigenvalue weighted by Gasteiger charge is -1.97. The van der Waals surface area contributed by atoms with Gasteiger partial charge in [-0.25, -0.2) is 9.97 Å². The Morgan fingerprint density at radius 3 is 3.10 bits per heavy atom. The summed E-state index contributed by atoms with van der Waals surface area (Å²) in [5.41, 5.74) is 6.06. The van der Waals surface area contributed by atoms with Crippen LogP contribution in [0.2, 0.25) is 0 Å². The van der Waals surface area contributed by atoms with Crippen LogP contribution in [0, 0.1) is 6.90 Å². The third-order valence-electron chi connectivity index (χ3n) is 0.982. The summed E-state index contributed by atoms with van der Waals surface area (Å²) in [7, 11) is 0. The molecular weight excluding hydrogens is 146 g/mol. The van der Waals surface area contributed by atoms with Crippen LogP contribution in [-0.4, -0.2) is 16.2 Å². The maximum Gasteiger partial charge on any atom is 0.221 e. The van der Waals surface area contributed by atoms with E-state index in [-0.39, 0.29) is 12.8 Å². The van der Waals surface area contributed by atoms with Crippen LogP contribution in [0.5, 0.6) is 0 Å². The fraction of sp³-hybridized carbons (Fsp3) is 0.333. The van der Waals surface area contributed by atoms with Crippen molar-refractivity contribution in [3.63, 3.8) is 0 Å². The summed E-state index contributed by atoms with van der Waals surface area (Å²) in [5, 5.41) is 0.819. The Labute approximate surface area is 65.5 Å². The Bertz CT molecular complexity index is 231. The Morgan fingerprint density at radius 1 is 1.70 bits per heavy atom. The first-order chi connectivity index (χ1) is 5.26. The van der Waals surface area contributed by atoms with E-state index in [0.29, 0.717) is 5.69 Å². The van der Waals surface area contributed by atoms with Crippen LogP contribution in [0.4, 0.5) is 5.95 Å². The Kier molecular flexibility index (Phi) is 1.72. The molecule has 0 aliphatic heterocycles. The summed E-state index contributed by atoms with van der Waals surface area (Å²) in [6.07, 6.45) is 1.91. The SMILES string of the molecule is [2H]Cc1cc(SC)nc(N)n1. The van der Waals surface area contributed by atoms with Crippen molar-refractivity contribution in [2.45, 2.75) is 11.9 Å². The smallest absolute Gasteiger partial charge is 0.221 e. The van der Waals surface area contributed by atoms with Crippen LogP contribution in [0.15, 0.2) is 11.1 Å². The van der Waals surface area contributed by atoms with E-state index in [1.54, 1.807) is 6.07 Å². The minimum absolute atomic E-state index is 0.153. The van der Waals surface area contributed by atoms with Crippen molar-refractivity contribution in [3.05, 3.63) is 11.8 Å². The van der Waals surface area contributed by atoms with Gasteiger partial charge in [0.1, 0.15) is 5.03 Å². The first kappa shape index (κ1) is 5.97. The largest absolute Gasteiger partial charge is 0.368 e. The highest BCUT2D eigenvalue weighted by atomic mass is 32.2. The zero-order chi connectivity index (χ0) is 8.27. The number of anilines is 1. The molecule has 0 unspecified atom stereocenters. The van der Waals surface area contributed by atoms with Gasteiger partial charge in [0.2, 0.25) is 5.95 Å². The van der Waals surface area contributed by atoms with Gasteiger partial charge in [0, 0.05) is 7.06 Å². The third kappa shape index (κ3) is 1.60. The minimum Gasteiger partial charge on any atom is -0.368 e.